The van der Waals surface area contributed by atoms with Crippen LogP contribution in [0.5, 0.6) is 5.75 Å². The van der Waals surface area contributed by atoms with Crippen molar-refractivity contribution >= 4 is 23.5 Å². The molecule has 0 atom stereocenters. The van der Waals surface area contributed by atoms with Gasteiger partial charge in [-0.2, -0.15) is 0 Å². The van der Waals surface area contributed by atoms with Gasteiger partial charge in [0.2, 0.25) is 5.91 Å². The quantitative estimate of drug-likeness (QED) is 0.746. The molecule has 25 heavy (non-hydrogen) atoms. The fourth-order valence-corrected chi connectivity index (χ4v) is 1.97. The van der Waals surface area contributed by atoms with Crippen LogP contribution in [-0.4, -0.2) is 38.0 Å². The zero-order valence-corrected chi connectivity index (χ0v) is 13.7. The van der Waals surface area contributed by atoms with Crippen molar-refractivity contribution in [2.75, 3.05) is 25.6 Å². The van der Waals surface area contributed by atoms with E-state index in [0.717, 1.165) is 0 Å². The molecule has 2 aromatic rings. The van der Waals surface area contributed by atoms with Gasteiger partial charge in [-0.3, -0.25) is 9.59 Å². The first-order valence-electron chi connectivity index (χ1n) is 7.52. The van der Waals surface area contributed by atoms with Gasteiger partial charge in [-0.1, -0.05) is 30.3 Å². The molecule has 0 bridgehead atoms. The summed E-state index contributed by atoms with van der Waals surface area (Å²) in [5.74, 6) is -0.894. The summed E-state index contributed by atoms with van der Waals surface area (Å²) in [5, 5.41) is 5.00. The van der Waals surface area contributed by atoms with E-state index >= 15 is 0 Å². The van der Waals surface area contributed by atoms with Gasteiger partial charge in [0.15, 0.2) is 6.61 Å². The van der Waals surface area contributed by atoms with Crippen LogP contribution in [0, 0.1) is 0 Å². The number of carbonyl (C=O) groups is 3. The molecule has 0 aliphatic heterocycles. The summed E-state index contributed by atoms with van der Waals surface area (Å²) in [6.07, 6.45) is 0. The van der Waals surface area contributed by atoms with Crippen molar-refractivity contribution in [3.8, 4) is 5.75 Å². The van der Waals surface area contributed by atoms with E-state index in [2.05, 4.69) is 15.4 Å². The smallest absolute Gasteiger partial charge is 0.339 e. The minimum Gasteiger partial charge on any atom is -0.484 e. The van der Waals surface area contributed by atoms with E-state index in [4.69, 9.17) is 4.74 Å². The van der Waals surface area contributed by atoms with E-state index in [9.17, 15) is 14.4 Å². The lowest BCUT2D eigenvalue weighted by Gasteiger charge is -2.10. The number of amides is 2. The topological polar surface area (TPSA) is 93.7 Å². The van der Waals surface area contributed by atoms with Gasteiger partial charge in [0.1, 0.15) is 5.75 Å². The first-order chi connectivity index (χ1) is 12.1. The number of ether oxygens (including phenoxy) is 2. The highest BCUT2D eigenvalue weighted by Gasteiger charge is 2.13. The Morgan fingerprint density at radius 2 is 1.60 bits per heavy atom. The Morgan fingerprint density at radius 3 is 2.32 bits per heavy atom. The SMILES string of the molecule is COC(=O)c1ccccc1NC(=O)CNC(=O)COc1ccccc1. The molecule has 0 unspecified atom stereocenters. The Bertz CT molecular complexity index is 746. The second-order valence-corrected chi connectivity index (χ2v) is 4.96. The number of anilines is 1. The van der Waals surface area contributed by atoms with Crippen LogP contribution in [0.4, 0.5) is 5.69 Å². The minimum atomic E-state index is -0.559. The summed E-state index contributed by atoms with van der Waals surface area (Å²) < 4.78 is 9.93. The Morgan fingerprint density at radius 1 is 0.920 bits per heavy atom. The molecule has 7 nitrogen and oxygen atoms in total. The molecule has 7 heteroatoms. The first-order valence-corrected chi connectivity index (χ1v) is 7.52. The molecule has 0 saturated carbocycles. The highest BCUT2D eigenvalue weighted by Crippen LogP contribution is 2.15. The summed E-state index contributed by atoms with van der Waals surface area (Å²) in [5.41, 5.74) is 0.547. The molecular formula is C18H18N2O5. The van der Waals surface area contributed by atoms with E-state index in [1.807, 2.05) is 6.07 Å². The number of para-hydroxylation sites is 2. The lowest BCUT2D eigenvalue weighted by molar-refractivity contribution is -0.125. The average Bonchev–Trinajstić information content (AvgIpc) is 2.65. The Labute approximate surface area is 144 Å². The van der Waals surface area contributed by atoms with Crippen molar-refractivity contribution in [2.45, 2.75) is 0 Å². The van der Waals surface area contributed by atoms with Crippen molar-refractivity contribution in [3.05, 3.63) is 60.2 Å². The molecule has 0 aliphatic rings. The molecule has 0 heterocycles. The highest BCUT2D eigenvalue weighted by molar-refractivity contribution is 6.02. The van der Waals surface area contributed by atoms with Gasteiger partial charge in [0.05, 0.1) is 24.9 Å². The normalized spacial score (nSPS) is 9.80. The second kappa shape index (κ2) is 9.07. The molecule has 2 amide bonds. The van der Waals surface area contributed by atoms with E-state index in [0.29, 0.717) is 11.4 Å². The molecule has 0 saturated heterocycles. The predicted octanol–water partition coefficient (Wildman–Crippen LogP) is 1.61. The zero-order chi connectivity index (χ0) is 18.1. The average molecular weight is 342 g/mol. The highest BCUT2D eigenvalue weighted by atomic mass is 16.5. The third kappa shape index (κ3) is 5.65. The summed E-state index contributed by atoms with van der Waals surface area (Å²) >= 11 is 0. The van der Waals surface area contributed by atoms with E-state index in [1.54, 1.807) is 42.5 Å². The fraction of sp³-hybridized carbons (Fsp3) is 0.167. The Kier molecular flexibility index (Phi) is 6.53. The molecule has 0 aromatic heterocycles. The van der Waals surface area contributed by atoms with Crippen LogP contribution in [0.25, 0.3) is 0 Å². The maximum absolute atomic E-state index is 11.9. The molecule has 2 N–H and O–H groups in total. The van der Waals surface area contributed by atoms with E-state index in [1.165, 1.54) is 13.2 Å². The molecule has 2 rings (SSSR count). The van der Waals surface area contributed by atoms with E-state index < -0.39 is 17.8 Å². The van der Waals surface area contributed by atoms with Gasteiger partial charge in [0.25, 0.3) is 5.91 Å². The van der Waals surface area contributed by atoms with Crippen molar-refractivity contribution < 1.29 is 23.9 Å². The summed E-state index contributed by atoms with van der Waals surface area (Å²) in [4.78, 5) is 35.3. The lowest BCUT2D eigenvalue weighted by Crippen LogP contribution is -2.36. The minimum absolute atomic E-state index is 0.198. The lowest BCUT2D eigenvalue weighted by atomic mass is 10.2. The Hall–Kier alpha value is -3.35. The van der Waals surface area contributed by atoms with Crippen LogP contribution < -0.4 is 15.4 Å². The third-order valence-electron chi connectivity index (χ3n) is 3.17. The number of esters is 1. The van der Waals surface area contributed by atoms with Crippen molar-refractivity contribution in [2.24, 2.45) is 0 Å². The first kappa shape index (κ1) is 18.0. The van der Waals surface area contributed by atoms with Crippen molar-refractivity contribution in [1.29, 1.82) is 0 Å². The molecule has 130 valence electrons. The number of nitrogens with one attached hydrogen (secondary N) is 2. The van der Waals surface area contributed by atoms with E-state index in [-0.39, 0.29) is 18.7 Å². The molecule has 2 aromatic carbocycles. The second-order valence-electron chi connectivity index (χ2n) is 4.96. The third-order valence-corrected chi connectivity index (χ3v) is 3.17. The van der Waals surface area contributed by atoms with Gasteiger partial charge in [-0.15, -0.1) is 0 Å². The van der Waals surface area contributed by atoms with Crippen LogP contribution in [-0.2, 0) is 14.3 Å². The number of hydrogen-bond donors (Lipinski definition) is 2. The van der Waals surface area contributed by atoms with Gasteiger partial charge in [-0.05, 0) is 24.3 Å². The predicted molar refractivity (Wildman–Crippen MR) is 91.4 cm³/mol. The summed E-state index contributed by atoms with van der Waals surface area (Å²) in [7, 11) is 1.26. The number of hydrogen-bond acceptors (Lipinski definition) is 5. The maximum atomic E-state index is 11.9. The molecule has 0 radical (unpaired) electrons. The molecular weight excluding hydrogens is 324 g/mol. The van der Waals surface area contributed by atoms with Crippen LogP contribution in [0.1, 0.15) is 10.4 Å². The molecule has 0 spiro atoms. The maximum Gasteiger partial charge on any atom is 0.339 e. The van der Waals surface area contributed by atoms with Crippen molar-refractivity contribution in [3.63, 3.8) is 0 Å². The number of rotatable bonds is 7. The van der Waals surface area contributed by atoms with Gasteiger partial charge >= 0.3 is 5.97 Å². The van der Waals surface area contributed by atoms with Crippen LogP contribution in [0.15, 0.2) is 54.6 Å². The van der Waals surface area contributed by atoms with Gasteiger partial charge in [-0.25, -0.2) is 4.79 Å². The van der Waals surface area contributed by atoms with Crippen LogP contribution in [0.3, 0.4) is 0 Å². The number of benzene rings is 2. The summed E-state index contributed by atoms with van der Waals surface area (Å²) in [6, 6.07) is 15.3. The number of carbonyl (C=O) groups excluding carboxylic acids is 3. The largest absolute Gasteiger partial charge is 0.484 e. The zero-order valence-electron chi connectivity index (χ0n) is 13.7. The fourth-order valence-electron chi connectivity index (χ4n) is 1.97. The molecule has 0 aliphatic carbocycles. The number of methoxy groups -OCH3 is 1. The van der Waals surface area contributed by atoms with Crippen molar-refractivity contribution in [1.82, 2.24) is 5.32 Å². The monoisotopic (exact) mass is 342 g/mol. The van der Waals surface area contributed by atoms with Crippen LogP contribution in [0.2, 0.25) is 0 Å². The van der Waals surface area contributed by atoms with Gasteiger partial charge in [0, 0.05) is 0 Å². The standard InChI is InChI=1S/C18H18N2O5/c1-24-18(23)14-9-5-6-10-15(14)20-16(21)11-19-17(22)12-25-13-7-3-2-4-8-13/h2-10H,11-12H2,1H3,(H,19,22)(H,20,21). The molecule has 0 fully saturated rings. The summed E-state index contributed by atoms with van der Waals surface area (Å²) in [6.45, 7) is -0.442. The van der Waals surface area contributed by atoms with Crippen LogP contribution >= 0.6 is 0 Å². The van der Waals surface area contributed by atoms with Gasteiger partial charge < -0.3 is 20.1 Å². The Balaban J connectivity index is 1.81.